The first-order chi connectivity index (χ1) is 15.3. The lowest BCUT2D eigenvalue weighted by Gasteiger charge is -2.33. The minimum absolute atomic E-state index is 0.000136. The van der Waals surface area contributed by atoms with E-state index in [0.717, 1.165) is 44.9 Å². The first-order valence-corrected chi connectivity index (χ1v) is 12.9. The predicted molar refractivity (Wildman–Crippen MR) is 125 cm³/mol. The summed E-state index contributed by atoms with van der Waals surface area (Å²) in [6.07, 6.45) is 9.26. The van der Waals surface area contributed by atoms with Crippen LogP contribution in [0.3, 0.4) is 0 Å². The van der Waals surface area contributed by atoms with Gasteiger partial charge in [-0.2, -0.15) is 0 Å². The number of hydrogen-bond acceptors (Lipinski definition) is 6. The summed E-state index contributed by atoms with van der Waals surface area (Å²) >= 11 is 0. The van der Waals surface area contributed by atoms with Crippen molar-refractivity contribution in [3.05, 3.63) is 0 Å². The molecule has 1 aliphatic carbocycles. The van der Waals surface area contributed by atoms with Crippen molar-refractivity contribution < 1.29 is 29.0 Å². The van der Waals surface area contributed by atoms with Crippen LogP contribution in [0.25, 0.3) is 0 Å². The molecule has 0 aliphatic heterocycles. The van der Waals surface area contributed by atoms with Crippen LogP contribution in [-0.2, 0) is 23.9 Å². The largest absolute Gasteiger partial charge is 0.466 e. The monoisotopic (exact) mass is 454 g/mol. The van der Waals surface area contributed by atoms with Gasteiger partial charge in [-0.3, -0.25) is 14.4 Å². The van der Waals surface area contributed by atoms with Gasteiger partial charge >= 0.3 is 11.9 Å². The molecule has 6 nitrogen and oxygen atoms in total. The number of ketones is 1. The fraction of sp³-hybridized carbons (Fsp3) is 0.885. The number of carbonyl (C=O) groups excluding carboxylic acids is 3. The lowest BCUT2D eigenvalue weighted by molar-refractivity contribution is -0.162. The van der Waals surface area contributed by atoms with Gasteiger partial charge in [-0.05, 0) is 70.6 Å². The first kappa shape index (κ1) is 28.6. The van der Waals surface area contributed by atoms with Crippen LogP contribution in [0.15, 0.2) is 0 Å². The van der Waals surface area contributed by atoms with Crippen LogP contribution in [0.1, 0.15) is 111 Å². The van der Waals surface area contributed by atoms with Crippen molar-refractivity contribution in [1.29, 1.82) is 0 Å². The summed E-state index contributed by atoms with van der Waals surface area (Å²) in [7, 11) is 0. The molecule has 0 radical (unpaired) electrons. The quantitative estimate of drug-likeness (QED) is 0.180. The standard InChI is InChI=1S/C26H46O6/c1-5-8-9-12-22(27)16-14-21-15-17-23(28)26(21,25(30)32-7-3)19-18-20(4)11-10-13-24(29)31-6-2/h20-22,27H,5-19H2,1-4H3. The van der Waals surface area contributed by atoms with Crippen molar-refractivity contribution in [1.82, 2.24) is 0 Å². The summed E-state index contributed by atoms with van der Waals surface area (Å²) in [4.78, 5) is 37.7. The maximum absolute atomic E-state index is 13.1. The predicted octanol–water partition coefficient (Wildman–Crippen LogP) is 5.39. The molecule has 0 aromatic heterocycles. The smallest absolute Gasteiger partial charge is 0.319 e. The Hall–Kier alpha value is -1.43. The maximum atomic E-state index is 13.1. The second-order valence-corrected chi connectivity index (χ2v) is 9.42. The van der Waals surface area contributed by atoms with Gasteiger partial charge in [0.2, 0.25) is 0 Å². The zero-order valence-corrected chi connectivity index (χ0v) is 20.8. The molecule has 1 fully saturated rings. The molecule has 0 heterocycles. The number of aliphatic hydroxyl groups is 1. The number of aliphatic hydroxyl groups excluding tert-OH is 1. The summed E-state index contributed by atoms with van der Waals surface area (Å²) in [6, 6.07) is 0. The van der Waals surface area contributed by atoms with Gasteiger partial charge in [0.25, 0.3) is 0 Å². The molecular weight excluding hydrogens is 408 g/mol. The van der Waals surface area contributed by atoms with E-state index < -0.39 is 5.41 Å². The first-order valence-electron chi connectivity index (χ1n) is 12.9. The van der Waals surface area contributed by atoms with Gasteiger partial charge in [-0.15, -0.1) is 0 Å². The van der Waals surface area contributed by atoms with Crippen molar-refractivity contribution in [2.45, 2.75) is 117 Å². The summed E-state index contributed by atoms with van der Waals surface area (Å²) in [5, 5.41) is 10.4. The molecule has 0 bridgehead atoms. The number of unbranched alkanes of at least 4 members (excludes halogenated alkanes) is 2. The minimum atomic E-state index is -1.07. The zero-order chi connectivity index (χ0) is 24.0. The average molecular weight is 455 g/mol. The second kappa shape index (κ2) is 15.4. The molecule has 0 aromatic rings. The van der Waals surface area contributed by atoms with Crippen molar-refractivity contribution in [2.24, 2.45) is 17.3 Å². The highest BCUT2D eigenvalue weighted by Gasteiger charge is 2.55. The molecule has 0 spiro atoms. The number of carbonyl (C=O) groups is 3. The van der Waals surface area contributed by atoms with Crippen LogP contribution in [0.2, 0.25) is 0 Å². The van der Waals surface area contributed by atoms with Gasteiger partial charge in [0.05, 0.1) is 19.3 Å². The van der Waals surface area contributed by atoms with Crippen LogP contribution in [0.5, 0.6) is 0 Å². The van der Waals surface area contributed by atoms with E-state index in [1.54, 1.807) is 13.8 Å². The molecule has 1 N–H and O–H groups in total. The molecule has 0 aromatic carbocycles. The van der Waals surface area contributed by atoms with E-state index in [1.165, 1.54) is 0 Å². The highest BCUT2D eigenvalue weighted by Crippen LogP contribution is 2.48. The van der Waals surface area contributed by atoms with Crippen LogP contribution >= 0.6 is 0 Å². The summed E-state index contributed by atoms with van der Waals surface area (Å²) in [6.45, 7) is 8.48. The Bertz CT molecular complexity index is 575. The molecule has 1 saturated carbocycles. The third-order valence-corrected chi connectivity index (χ3v) is 6.96. The number of esters is 2. The molecule has 4 atom stereocenters. The Labute approximate surface area is 194 Å². The molecule has 4 unspecified atom stereocenters. The summed E-state index contributed by atoms with van der Waals surface area (Å²) in [5.41, 5.74) is -1.07. The number of Topliss-reactive ketones (excluding diaryl/α,β-unsaturated/α-hetero) is 1. The lowest BCUT2D eigenvalue weighted by Crippen LogP contribution is -2.43. The number of ether oxygens (including phenoxy) is 2. The molecular formula is C26H46O6. The highest BCUT2D eigenvalue weighted by molar-refractivity contribution is 6.05. The molecule has 0 saturated heterocycles. The van der Waals surface area contributed by atoms with Crippen LogP contribution < -0.4 is 0 Å². The number of hydrogen-bond donors (Lipinski definition) is 1. The molecule has 0 amide bonds. The Kier molecular flexibility index (Phi) is 13.8. The summed E-state index contributed by atoms with van der Waals surface area (Å²) < 4.78 is 10.4. The van der Waals surface area contributed by atoms with Gasteiger partial charge in [0.1, 0.15) is 11.2 Å². The molecule has 1 rings (SSSR count). The Balaban J connectivity index is 2.73. The van der Waals surface area contributed by atoms with Gasteiger partial charge < -0.3 is 14.6 Å². The van der Waals surface area contributed by atoms with E-state index in [1.807, 2.05) is 0 Å². The minimum Gasteiger partial charge on any atom is -0.466 e. The SMILES string of the molecule is CCCCCC(O)CCC1CCC(=O)C1(CCC(C)CCCC(=O)OCC)C(=O)OCC. The van der Waals surface area contributed by atoms with Crippen molar-refractivity contribution >= 4 is 17.7 Å². The third-order valence-electron chi connectivity index (χ3n) is 6.96. The van der Waals surface area contributed by atoms with E-state index in [2.05, 4.69) is 13.8 Å². The maximum Gasteiger partial charge on any atom is 0.319 e. The van der Waals surface area contributed by atoms with E-state index in [-0.39, 0.29) is 36.4 Å². The van der Waals surface area contributed by atoms with Crippen molar-refractivity contribution in [3.8, 4) is 0 Å². The van der Waals surface area contributed by atoms with Gasteiger partial charge in [0, 0.05) is 12.8 Å². The van der Waals surface area contributed by atoms with Gasteiger partial charge in [-0.25, -0.2) is 0 Å². The average Bonchev–Trinajstić information content (AvgIpc) is 3.07. The van der Waals surface area contributed by atoms with Gasteiger partial charge in [-0.1, -0.05) is 39.5 Å². The molecule has 186 valence electrons. The molecule has 32 heavy (non-hydrogen) atoms. The third kappa shape index (κ3) is 8.84. The van der Waals surface area contributed by atoms with Crippen LogP contribution in [0.4, 0.5) is 0 Å². The van der Waals surface area contributed by atoms with Crippen molar-refractivity contribution in [3.63, 3.8) is 0 Å². The van der Waals surface area contributed by atoms with E-state index in [4.69, 9.17) is 9.47 Å². The fourth-order valence-corrected chi connectivity index (χ4v) is 4.99. The summed E-state index contributed by atoms with van der Waals surface area (Å²) in [5.74, 6) is -0.330. The van der Waals surface area contributed by atoms with Gasteiger partial charge in [0.15, 0.2) is 0 Å². The Morgan fingerprint density at radius 2 is 1.75 bits per heavy atom. The Morgan fingerprint density at radius 3 is 2.41 bits per heavy atom. The molecule has 1 aliphatic rings. The topological polar surface area (TPSA) is 89.9 Å². The highest BCUT2D eigenvalue weighted by atomic mass is 16.5. The fourth-order valence-electron chi connectivity index (χ4n) is 4.99. The second-order valence-electron chi connectivity index (χ2n) is 9.42. The Morgan fingerprint density at radius 1 is 1.03 bits per heavy atom. The van der Waals surface area contributed by atoms with E-state index >= 15 is 0 Å². The molecule has 6 heteroatoms. The zero-order valence-electron chi connectivity index (χ0n) is 20.8. The normalized spacial score (nSPS) is 22.5. The van der Waals surface area contributed by atoms with Crippen LogP contribution in [0, 0.1) is 17.3 Å². The lowest BCUT2D eigenvalue weighted by atomic mass is 9.70. The van der Waals surface area contributed by atoms with Crippen LogP contribution in [-0.4, -0.2) is 42.1 Å². The number of rotatable bonds is 17. The van der Waals surface area contributed by atoms with Crippen molar-refractivity contribution in [2.75, 3.05) is 13.2 Å². The van der Waals surface area contributed by atoms with E-state index in [0.29, 0.717) is 51.0 Å². The van der Waals surface area contributed by atoms with E-state index in [9.17, 15) is 19.5 Å².